The first-order valence-electron chi connectivity index (χ1n) is 19.5. The van der Waals surface area contributed by atoms with Crippen LogP contribution >= 0.6 is 0 Å². The predicted octanol–water partition coefficient (Wildman–Crippen LogP) is 14.2. The Hall–Kier alpha value is -4.63. The topological polar surface area (TPSA) is 38.9 Å². The van der Waals surface area contributed by atoms with Crippen LogP contribution in [0.5, 0.6) is 0 Å². The molecule has 1 aliphatic carbocycles. The summed E-state index contributed by atoms with van der Waals surface area (Å²) in [4.78, 5) is 9.41. The Bertz CT molecular complexity index is 2600. The molecule has 55 heavy (non-hydrogen) atoms. The second kappa shape index (κ2) is 15.5. The zero-order valence-corrected chi connectivity index (χ0v) is 35.5. The number of hydrogen-bond acceptors (Lipinski definition) is 3. The van der Waals surface area contributed by atoms with Gasteiger partial charge in [0.1, 0.15) is 5.58 Å². The van der Waals surface area contributed by atoms with E-state index in [0.717, 1.165) is 50.9 Å². The third kappa shape index (κ3) is 8.18. The van der Waals surface area contributed by atoms with Crippen molar-refractivity contribution in [2.75, 3.05) is 0 Å². The maximum atomic E-state index is 6.73. The van der Waals surface area contributed by atoms with Crippen molar-refractivity contribution in [1.82, 2.24) is 9.97 Å². The van der Waals surface area contributed by atoms with Gasteiger partial charge in [-0.15, -0.1) is 53.6 Å². The Morgan fingerprint density at radius 3 is 2.20 bits per heavy atom. The molecule has 1 aliphatic rings. The van der Waals surface area contributed by atoms with Crippen molar-refractivity contribution < 1.29 is 24.5 Å². The van der Waals surface area contributed by atoms with Crippen molar-refractivity contribution in [3.8, 4) is 22.5 Å². The van der Waals surface area contributed by atoms with Crippen molar-refractivity contribution in [2.24, 2.45) is 10.8 Å². The Labute approximate surface area is 340 Å². The van der Waals surface area contributed by atoms with Gasteiger partial charge in [-0.25, -0.2) is 0 Å². The molecule has 8 aromatic rings. The summed E-state index contributed by atoms with van der Waals surface area (Å²) in [6.45, 7) is 15.8. The van der Waals surface area contributed by atoms with Crippen molar-refractivity contribution in [1.29, 1.82) is 0 Å². The summed E-state index contributed by atoms with van der Waals surface area (Å²) >= 11 is 0. The number of benzene rings is 5. The molecule has 0 spiro atoms. The number of fused-ring (bicyclic) bond motifs is 7. The average molecular weight is 899 g/mol. The molecule has 3 nitrogen and oxygen atoms in total. The summed E-state index contributed by atoms with van der Waals surface area (Å²) < 4.78 is 6.73. The summed E-state index contributed by atoms with van der Waals surface area (Å²) in [5.41, 5.74) is 11.8. The maximum absolute atomic E-state index is 6.73. The molecule has 281 valence electrons. The van der Waals surface area contributed by atoms with E-state index in [1.54, 1.807) is 0 Å². The minimum Gasteiger partial charge on any atom is -0.500 e. The Balaban J connectivity index is 0.000000208. The van der Waals surface area contributed by atoms with E-state index in [4.69, 9.17) is 9.40 Å². The largest absolute Gasteiger partial charge is 0.500 e. The first kappa shape index (κ1) is 38.6. The zero-order valence-electron chi connectivity index (χ0n) is 33.1. The fraction of sp³-hybridized carbons (Fsp3) is 0.294. The van der Waals surface area contributed by atoms with E-state index in [1.165, 1.54) is 69.5 Å². The van der Waals surface area contributed by atoms with Crippen molar-refractivity contribution >= 4 is 43.5 Å². The number of furan rings is 1. The van der Waals surface area contributed by atoms with Gasteiger partial charge in [-0.1, -0.05) is 119 Å². The molecule has 0 aliphatic heterocycles. The fourth-order valence-electron chi connectivity index (χ4n) is 8.27. The van der Waals surface area contributed by atoms with Crippen LogP contribution in [0.1, 0.15) is 88.5 Å². The molecule has 0 unspecified atom stereocenters. The van der Waals surface area contributed by atoms with Crippen LogP contribution in [-0.2, 0) is 26.5 Å². The summed E-state index contributed by atoms with van der Waals surface area (Å²) in [5.74, 6) is 0.602. The molecule has 0 atom stereocenters. The number of pyridine rings is 2. The van der Waals surface area contributed by atoms with Crippen LogP contribution in [0.2, 0.25) is 0 Å². The van der Waals surface area contributed by atoms with Crippen LogP contribution in [-0.4, -0.2) is 9.97 Å². The second-order valence-electron chi connectivity index (χ2n) is 17.5. The quantitative estimate of drug-likeness (QED) is 0.130. The van der Waals surface area contributed by atoms with Gasteiger partial charge in [-0.05, 0) is 100 Å². The summed E-state index contributed by atoms with van der Waals surface area (Å²) in [6.07, 6.45) is 10.1. The van der Waals surface area contributed by atoms with E-state index in [-0.39, 0.29) is 20.1 Å². The third-order valence-electron chi connectivity index (χ3n) is 11.3. The molecular weight excluding hydrogens is 849 g/mol. The summed E-state index contributed by atoms with van der Waals surface area (Å²) in [5, 5.41) is 7.09. The molecule has 0 N–H and O–H groups in total. The molecule has 3 aromatic heterocycles. The van der Waals surface area contributed by atoms with Crippen LogP contribution < -0.4 is 0 Å². The van der Waals surface area contributed by atoms with Gasteiger partial charge < -0.3 is 14.4 Å². The average Bonchev–Trinajstić information content (AvgIpc) is 3.55. The van der Waals surface area contributed by atoms with Crippen LogP contribution in [0.4, 0.5) is 0 Å². The van der Waals surface area contributed by atoms with Crippen molar-refractivity contribution in [3.63, 3.8) is 0 Å². The van der Waals surface area contributed by atoms with Gasteiger partial charge in [0.25, 0.3) is 0 Å². The zero-order chi connectivity index (χ0) is 37.6. The minimum atomic E-state index is 0. The normalized spacial score (nSPS) is 14.5. The molecule has 0 saturated heterocycles. The van der Waals surface area contributed by atoms with Gasteiger partial charge in [0.15, 0.2) is 0 Å². The summed E-state index contributed by atoms with van der Waals surface area (Å²) in [7, 11) is 0. The van der Waals surface area contributed by atoms with E-state index in [1.807, 2.05) is 24.5 Å². The van der Waals surface area contributed by atoms with Crippen LogP contribution in [0, 0.1) is 36.8 Å². The SMILES string of the molecule is Cc1c[c-]c(-c2ccc(CC(C)(C)C)cn2)cc1.Cc1cnc(-c2[c-]ccc3c2oc2c3ccc3ccc4ccccc4c32)cc1C1CCC(C)(C)CC1.[Ir]. The minimum absolute atomic E-state index is 0. The first-order valence-corrected chi connectivity index (χ1v) is 19.5. The van der Waals surface area contributed by atoms with Crippen LogP contribution in [0.15, 0.2) is 114 Å². The van der Waals surface area contributed by atoms with E-state index >= 15 is 0 Å². The van der Waals surface area contributed by atoms with Gasteiger partial charge in [0.05, 0.1) is 5.58 Å². The van der Waals surface area contributed by atoms with E-state index < -0.39 is 0 Å². The van der Waals surface area contributed by atoms with Gasteiger partial charge in [-0.3, -0.25) is 0 Å². The molecular formula is C51H50IrN2O-2. The molecule has 1 radical (unpaired) electrons. The molecule has 9 rings (SSSR count). The number of nitrogens with zero attached hydrogens (tertiary/aromatic N) is 2. The molecule has 1 saturated carbocycles. The molecule has 3 heterocycles. The van der Waals surface area contributed by atoms with E-state index in [0.29, 0.717) is 16.7 Å². The smallest absolute Gasteiger partial charge is 0.129 e. The van der Waals surface area contributed by atoms with Crippen LogP contribution in [0.25, 0.3) is 66.0 Å². The van der Waals surface area contributed by atoms with Crippen LogP contribution in [0.3, 0.4) is 0 Å². The van der Waals surface area contributed by atoms with E-state index in [2.05, 4.69) is 151 Å². The molecule has 0 bridgehead atoms. The Morgan fingerprint density at radius 1 is 0.745 bits per heavy atom. The fourth-order valence-corrected chi connectivity index (χ4v) is 8.27. The number of aryl methyl sites for hydroxylation is 2. The Morgan fingerprint density at radius 2 is 1.47 bits per heavy atom. The molecule has 0 amide bonds. The van der Waals surface area contributed by atoms with Crippen molar-refractivity contribution in [3.05, 3.63) is 144 Å². The standard InChI is InChI=1S/C34H30NO.C17H20N.Ir/c1-21-20-35-30(19-29(21)23-15-17-34(2,3)18-16-23)28-10-6-9-26-27-14-13-24-12-11-22-7-4-5-8-25(22)31(24)33(27)36-32(26)28;1-13-5-8-15(9-6-13)16-10-7-14(12-18-16)11-17(2,3)4;/h4-9,11-14,19-20,23H,15-18H2,1-3H3;5-8,10,12H,11H2,1-4H3;/q2*-1;. The third-order valence-corrected chi connectivity index (χ3v) is 11.3. The van der Waals surface area contributed by atoms with Gasteiger partial charge in [0.2, 0.25) is 0 Å². The van der Waals surface area contributed by atoms with Gasteiger partial charge in [0, 0.05) is 43.3 Å². The van der Waals surface area contributed by atoms with Gasteiger partial charge >= 0.3 is 0 Å². The molecule has 5 aromatic carbocycles. The number of aromatic nitrogens is 2. The number of rotatable bonds is 4. The monoisotopic (exact) mass is 899 g/mol. The second-order valence-corrected chi connectivity index (χ2v) is 17.5. The maximum Gasteiger partial charge on any atom is 0.129 e. The summed E-state index contributed by atoms with van der Waals surface area (Å²) in [6, 6.07) is 40.9. The molecule has 4 heteroatoms. The molecule has 1 fully saturated rings. The van der Waals surface area contributed by atoms with E-state index in [9.17, 15) is 0 Å². The van der Waals surface area contributed by atoms with Crippen molar-refractivity contribution in [2.45, 2.75) is 86.5 Å². The van der Waals surface area contributed by atoms with Gasteiger partial charge in [-0.2, -0.15) is 0 Å². The first-order chi connectivity index (χ1) is 25.9. The Kier molecular flexibility index (Phi) is 10.9. The number of hydrogen-bond donors (Lipinski definition) is 0. The predicted molar refractivity (Wildman–Crippen MR) is 227 cm³/mol.